The number of hydrogen-bond donors (Lipinski definition) is 2. The van der Waals surface area contributed by atoms with Gasteiger partial charge < -0.3 is 19.4 Å². The molecule has 25 heavy (non-hydrogen) atoms. The fourth-order valence-electron chi connectivity index (χ4n) is 2.92. The van der Waals surface area contributed by atoms with Gasteiger partial charge in [0.05, 0.1) is 0 Å². The van der Waals surface area contributed by atoms with Gasteiger partial charge in [0.2, 0.25) is 5.76 Å². The van der Waals surface area contributed by atoms with Crippen molar-refractivity contribution in [2.75, 3.05) is 0 Å². The van der Waals surface area contributed by atoms with Crippen LogP contribution < -0.4 is 4.74 Å². The third-order valence-electron chi connectivity index (χ3n) is 4.26. The Labute approximate surface area is 145 Å². The Balaban J connectivity index is 2.07. The minimum atomic E-state index is -1.10. The van der Waals surface area contributed by atoms with Crippen molar-refractivity contribution < 1.29 is 24.2 Å². The number of carboxylic acids is 1. The van der Waals surface area contributed by atoms with E-state index < -0.39 is 5.97 Å². The number of phenols is 1. The highest BCUT2D eigenvalue weighted by atomic mass is 16.5. The highest BCUT2D eigenvalue weighted by Gasteiger charge is 2.17. The van der Waals surface area contributed by atoms with Crippen molar-refractivity contribution in [3.05, 3.63) is 52.8 Å². The fraction of sp³-hybridized carbons (Fsp3) is 0.250. The highest BCUT2D eigenvalue weighted by Crippen LogP contribution is 2.37. The average molecular weight is 340 g/mol. The van der Waals surface area contributed by atoms with Crippen molar-refractivity contribution in [1.82, 2.24) is 0 Å². The molecule has 1 aromatic heterocycles. The zero-order valence-corrected chi connectivity index (χ0v) is 14.6. The largest absolute Gasteiger partial charge is 0.508 e. The zero-order chi connectivity index (χ0) is 18.3. The molecule has 0 aliphatic rings. The molecule has 0 atom stereocenters. The maximum atomic E-state index is 11.1. The molecule has 3 aromatic rings. The Bertz CT molecular complexity index is 966. The number of carbonyl (C=O) groups is 1. The third-order valence-corrected chi connectivity index (χ3v) is 4.26. The molecule has 0 saturated heterocycles. The number of furan rings is 1. The summed E-state index contributed by atoms with van der Waals surface area (Å²) in [7, 11) is 0. The molecule has 0 unspecified atom stereocenters. The molecule has 5 nitrogen and oxygen atoms in total. The first-order valence-corrected chi connectivity index (χ1v) is 8.05. The molecule has 0 aliphatic carbocycles. The van der Waals surface area contributed by atoms with E-state index in [2.05, 4.69) is 0 Å². The number of rotatable bonds is 4. The number of benzene rings is 2. The molecule has 0 saturated carbocycles. The van der Waals surface area contributed by atoms with Gasteiger partial charge in [0, 0.05) is 16.5 Å². The number of fused-ring (bicyclic) bond motifs is 1. The van der Waals surface area contributed by atoms with E-state index in [1.165, 1.54) is 6.07 Å². The second-order valence-corrected chi connectivity index (χ2v) is 6.45. The van der Waals surface area contributed by atoms with Gasteiger partial charge in [-0.3, -0.25) is 0 Å². The Hall–Kier alpha value is -2.95. The molecule has 2 aromatic carbocycles. The van der Waals surface area contributed by atoms with Crippen LogP contribution in [-0.2, 0) is 0 Å². The van der Waals surface area contributed by atoms with E-state index >= 15 is 0 Å². The second-order valence-electron chi connectivity index (χ2n) is 6.45. The van der Waals surface area contributed by atoms with Gasteiger partial charge in [-0.15, -0.1) is 0 Å². The summed E-state index contributed by atoms with van der Waals surface area (Å²) in [6.45, 7) is 7.75. The van der Waals surface area contributed by atoms with E-state index in [1.807, 2.05) is 33.8 Å². The number of hydrogen-bond acceptors (Lipinski definition) is 4. The minimum Gasteiger partial charge on any atom is -0.508 e. The summed E-state index contributed by atoms with van der Waals surface area (Å²) in [5.41, 5.74) is 2.99. The van der Waals surface area contributed by atoms with E-state index in [0.29, 0.717) is 22.5 Å². The normalized spacial score (nSPS) is 11.2. The third kappa shape index (κ3) is 3.05. The lowest BCUT2D eigenvalue weighted by Crippen LogP contribution is -1.94. The number of aromatic carboxylic acids is 1. The summed E-state index contributed by atoms with van der Waals surface area (Å²) in [5.74, 6) is 0.490. The molecule has 130 valence electrons. The van der Waals surface area contributed by atoms with Crippen LogP contribution in [0, 0.1) is 13.8 Å². The van der Waals surface area contributed by atoms with Crippen molar-refractivity contribution >= 4 is 16.9 Å². The Morgan fingerprint density at radius 2 is 1.88 bits per heavy atom. The van der Waals surface area contributed by atoms with Crippen LogP contribution in [0.3, 0.4) is 0 Å². The Morgan fingerprint density at radius 3 is 2.52 bits per heavy atom. The van der Waals surface area contributed by atoms with Gasteiger partial charge in [-0.2, -0.15) is 0 Å². The summed E-state index contributed by atoms with van der Waals surface area (Å²) in [6, 6.07) is 8.43. The smallest absolute Gasteiger partial charge is 0.371 e. The molecule has 0 spiro atoms. The Kier molecular flexibility index (Phi) is 4.17. The molecular weight excluding hydrogens is 320 g/mol. The van der Waals surface area contributed by atoms with Crippen LogP contribution in [-0.4, -0.2) is 16.2 Å². The van der Waals surface area contributed by atoms with Crippen molar-refractivity contribution in [3.8, 4) is 17.2 Å². The lowest BCUT2D eigenvalue weighted by atomic mass is 10.0. The molecule has 0 radical (unpaired) electrons. The molecule has 2 N–H and O–H groups in total. The lowest BCUT2D eigenvalue weighted by Gasteiger charge is -2.15. The van der Waals surface area contributed by atoms with Crippen molar-refractivity contribution in [1.29, 1.82) is 0 Å². The second kappa shape index (κ2) is 6.16. The number of carboxylic acid groups (broad SMARTS) is 1. The first kappa shape index (κ1) is 16.9. The van der Waals surface area contributed by atoms with E-state index in [4.69, 9.17) is 14.3 Å². The summed E-state index contributed by atoms with van der Waals surface area (Å²) in [5, 5.41) is 19.8. The van der Waals surface area contributed by atoms with Crippen molar-refractivity contribution in [2.24, 2.45) is 0 Å². The monoisotopic (exact) mass is 340 g/mol. The Morgan fingerprint density at radius 1 is 1.16 bits per heavy atom. The van der Waals surface area contributed by atoms with E-state index in [1.54, 1.807) is 18.2 Å². The molecule has 0 fully saturated rings. The van der Waals surface area contributed by atoms with Gasteiger partial charge in [0.1, 0.15) is 22.8 Å². The van der Waals surface area contributed by atoms with Crippen LogP contribution >= 0.6 is 0 Å². The van der Waals surface area contributed by atoms with Crippen LogP contribution in [0.4, 0.5) is 0 Å². The molecule has 5 heteroatoms. The van der Waals surface area contributed by atoms with Gasteiger partial charge in [-0.25, -0.2) is 4.79 Å². The van der Waals surface area contributed by atoms with Crippen LogP contribution in [0.5, 0.6) is 17.2 Å². The van der Waals surface area contributed by atoms with Gasteiger partial charge in [0.15, 0.2) is 0 Å². The number of phenolic OH excluding ortho intramolecular Hbond substituents is 1. The van der Waals surface area contributed by atoms with Crippen molar-refractivity contribution in [3.63, 3.8) is 0 Å². The van der Waals surface area contributed by atoms with E-state index in [9.17, 15) is 9.90 Å². The predicted molar refractivity (Wildman–Crippen MR) is 94.9 cm³/mol. The molecule has 0 amide bonds. The van der Waals surface area contributed by atoms with Gasteiger partial charge in [0.25, 0.3) is 0 Å². The fourth-order valence-corrected chi connectivity index (χ4v) is 2.92. The van der Waals surface area contributed by atoms with E-state index in [-0.39, 0.29) is 17.4 Å². The van der Waals surface area contributed by atoms with Crippen LogP contribution in [0.1, 0.15) is 47.0 Å². The number of aryl methyl sites for hydroxylation is 2. The molecule has 1 heterocycles. The van der Waals surface area contributed by atoms with Crippen molar-refractivity contribution in [2.45, 2.75) is 33.6 Å². The predicted octanol–water partition coefficient (Wildman–Crippen LogP) is 5.37. The van der Waals surface area contributed by atoms with E-state index in [0.717, 1.165) is 16.7 Å². The standard InChI is InChI=1S/C20H20O5/c1-10(2)14-8-13(5-6-16(14)21)24-19-11(3)7-17-15(12(19)4)9-18(25-17)20(22)23/h5-10,21H,1-4H3,(H,22,23). The molecular formula is C20H20O5. The van der Waals surface area contributed by atoms with Gasteiger partial charge in [-0.1, -0.05) is 13.8 Å². The maximum Gasteiger partial charge on any atom is 0.371 e. The van der Waals surface area contributed by atoms with Gasteiger partial charge >= 0.3 is 5.97 Å². The first-order chi connectivity index (χ1) is 11.8. The summed E-state index contributed by atoms with van der Waals surface area (Å²) >= 11 is 0. The van der Waals surface area contributed by atoms with Crippen LogP contribution in [0.2, 0.25) is 0 Å². The molecule has 0 aliphatic heterocycles. The summed E-state index contributed by atoms with van der Waals surface area (Å²) < 4.78 is 11.4. The molecule has 3 rings (SSSR count). The SMILES string of the molecule is Cc1cc2oc(C(=O)O)cc2c(C)c1Oc1ccc(O)c(C(C)C)c1. The number of aromatic hydroxyl groups is 1. The van der Waals surface area contributed by atoms with Crippen LogP contribution in [0.25, 0.3) is 11.0 Å². The van der Waals surface area contributed by atoms with Gasteiger partial charge in [-0.05, 0) is 55.7 Å². The summed E-state index contributed by atoms with van der Waals surface area (Å²) in [4.78, 5) is 11.1. The zero-order valence-electron chi connectivity index (χ0n) is 14.6. The lowest BCUT2D eigenvalue weighted by molar-refractivity contribution is 0.0665. The number of ether oxygens (including phenoxy) is 1. The highest BCUT2D eigenvalue weighted by molar-refractivity contribution is 5.94. The minimum absolute atomic E-state index is 0.0959. The average Bonchev–Trinajstić information content (AvgIpc) is 2.97. The molecule has 0 bridgehead atoms. The van der Waals surface area contributed by atoms with Crippen LogP contribution in [0.15, 0.2) is 34.7 Å². The topological polar surface area (TPSA) is 79.9 Å². The maximum absolute atomic E-state index is 11.1. The quantitative estimate of drug-likeness (QED) is 0.667. The summed E-state index contributed by atoms with van der Waals surface area (Å²) in [6.07, 6.45) is 0. The first-order valence-electron chi connectivity index (χ1n) is 8.05.